The van der Waals surface area contributed by atoms with Gasteiger partial charge in [-0.15, -0.1) is 11.6 Å². The lowest BCUT2D eigenvalue weighted by Crippen LogP contribution is -2.42. The molecule has 0 N–H and O–H groups in total. The van der Waals surface area contributed by atoms with Gasteiger partial charge in [0.1, 0.15) is 19.0 Å². The maximum Gasteiger partial charge on any atom is 0.336 e. The Hall–Kier alpha value is -2.54. The third-order valence-corrected chi connectivity index (χ3v) is 6.77. The van der Waals surface area contributed by atoms with Crippen LogP contribution in [0, 0.1) is 0 Å². The summed E-state index contributed by atoms with van der Waals surface area (Å²) >= 11 is 11.7. The molecule has 2 aromatic carbocycles. The molecule has 2 aliphatic heterocycles. The van der Waals surface area contributed by atoms with Crippen molar-refractivity contribution in [1.82, 2.24) is 4.90 Å². The van der Waals surface area contributed by atoms with Gasteiger partial charge in [-0.05, 0) is 55.2 Å². The molecule has 35 heavy (non-hydrogen) atoms. The minimum absolute atomic E-state index is 0.0159. The van der Waals surface area contributed by atoms with E-state index in [1.807, 2.05) is 43.3 Å². The maximum absolute atomic E-state index is 13.4. The van der Waals surface area contributed by atoms with Crippen LogP contribution in [0.3, 0.4) is 0 Å². The summed E-state index contributed by atoms with van der Waals surface area (Å²) in [4.78, 5) is 28.2. The molecule has 1 amide bonds. The first-order valence-electron chi connectivity index (χ1n) is 11.8. The second kappa shape index (κ2) is 11.9. The number of halogens is 2. The zero-order chi connectivity index (χ0) is 24.8. The van der Waals surface area contributed by atoms with E-state index in [0.29, 0.717) is 47.7 Å². The summed E-state index contributed by atoms with van der Waals surface area (Å²) in [7, 11) is 0. The molecule has 0 radical (unpaired) electrons. The molecule has 0 bridgehead atoms. The van der Waals surface area contributed by atoms with Crippen molar-refractivity contribution in [2.75, 3.05) is 25.6 Å². The number of hydrogen-bond acceptors (Lipinski definition) is 5. The highest BCUT2D eigenvalue weighted by molar-refractivity contribution is 6.30. The van der Waals surface area contributed by atoms with Crippen LogP contribution in [0.4, 0.5) is 0 Å². The van der Waals surface area contributed by atoms with Crippen molar-refractivity contribution in [3.63, 3.8) is 0 Å². The lowest BCUT2D eigenvalue weighted by molar-refractivity contribution is -0.141. The quantitative estimate of drug-likeness (QED) is 0.326. The molecule has 4 rings (SSSR count). The zero-order valence-corrected chi connectivity index (χ0v) is 21.2. The standard InChI is InChI=1S/C27H29Cl2NO5/c1-18-26(27(32)35-17-19-4-10-22(11-5-19)34-14-12-28)24(20-6-8-21(29)9-7-20)15-25(31)30(18)16-23-3-2-13-33-23/h4-11,23-24H,2-3,12-17H2,1H3/t23-,24+/m1/s1. The van der Waals surface area contributed by atoms with Crippen LogP contribution in [0.2, 0.25) is 5.02 Å². The first-order valence-corrected chi connectivity index (χ1v) is 12.7. The highest BCUT2D eigenvalue weighted by Crippen LogP contribution is 2.38. The van der Waals surface area contributed by atoms with Crippen LogP contribution in [0.5, 0.6) is 5.75 Å². The van der Waals surface area contributed by atoms with Crippen molar-refractivity contribution < 1.29 is 23.8 Å². The molecule has 6 nitrogen and oxygen atoms in total. The molecule has 186 valence electrons. The molecule has 2 aromatic rings. The Kier molecular flexibility index (Phi) is 8.71. The van der Waals surface area contributed by atoms with E-state index in [1.54, 1.807) is 17.0 Å². The smallest absolute Gasteiger partial charge is 0.336 e. The van der Waals surface area contributed by atoms with Crippen LogP contribution in [-0.4, -0.2) is 48.5 Å². The monoisotopic (exact) mass is 517 g/mol. The zero-order valence-electron chi connectivity index (χ0n) is 19.7. The molecule has 1 fully saturated rings. The van der Waals surface area contributed by atoms with Crippen LogP contribution in [0.15, 0.2) is 59.8 Å². The van der Waals surface area contributed by atoms with Crippen molar-refractivity contribution in [3.8, 4) is 5.75 Å². The molecule has 0 saturated carbocycles. The highest BCUT2D eigenvalue weighted by Gasteiger charge is 2.38. The van der Waals surface area contributed by atoms with E-state index in [2.05, 4.69) is 0 Å². The molecule has 0 aliphatic carbocycles. The summed E-state index contributed by atoms with van der Waals surface area (Å²) in [5, 5.41) is 0.596. The summed E-state index contributed by atoms with van der Waals surface area (Å²) in [6, 6.07) is 14.6. The number of carbonyl (C=O) groups excluding carboxylic acids is 2. The molecular formula is C27H29Cl2NO5. The average Bonchev–Trinajstić information content (AvgIpc) is 3.38. The van der Waals surface area contributed by atoms with Crippen LogP contribution in [0.1, 0.15) is 43.2 Å². The van der Waals surface area contributed by atoms with Crippen molar-refractivity contribution in [1.29, 1.82) is 0 Å². The van der Waals surface area contributed by atoms with Crippen molar-refractivity contribution in [2.45, 2.75) is 44.8 Å². The highest BCUT2D eigenvalue weighted by atomic mass is 35.5. The number of carbonyl (C=O) groups is 2. The molecule has 8 heteroatoms. The van der Waals surface area contributed by atoms with Gasteiger partial charge in [0.2, 0.25) is 5.91 Å². The van der Waals surface area contributed by atoms with Crippen LogP contribution in [0.25, 0.3) is 0 Å². The van der Waals surface area contributed by atoms with Crippen molar-refractivity contribution in [3.05, 3.63) is 76.0 Å². The fourth-order valence-corrected chi connectivity index (χ4v) is 4.74. The van der Waals surface area contributed by atoms with E-state index in [1.165, 1.54) is 0 Å². The van der Waals surface area contributed by atoms with Gasteiger partial charge >= 0.3 is 5.97 Å². The molecule has 0 unspecified atom stereocenters. The molecule has 2 atom stereocenters. The normalized spacial score (nSPS) is 20.3. The fraction of sp³-hybridized carbons (Fsp3) is 0.407. The molecule has 0 spiro atoms. The largest absolute Gasteiger partial charge is 0.492 e. The topological polar surface area (TPSA) is 65.1 Å². The van der Waals surface area contributed by atoms with E-state index in [-0.39, 0.29) is 25.0 Å². The number of nitrogens with zero attached hydrogens (tertiary/aromatic N) is 1. The van der Waals surface area contributed by atoms with Gasteiger partial charge in [0.25, 0.3) is 0 Å². The van der Waals surface area contributed by atoms with Gasteiger partial charge in [-0.1, -0.05) is 35.9 Å². The number of rotatable bonds is 9. The Bertz CT molecular complexity index is 1060. The van der Waals surface area contributed by atoms with E-state index in [0.717, 1.165) is 24.0 Å². The summed E-state index contributed by atoms with van der Waals surface area (Å²) in [6.07, 6.45) is 2.05. The summed E-state index contributed by atoms with van der Waals surface area (Å²) in [5.41, 5.74) is 2.80. The Morgan fingerprint density at radius 3 is 2.54 bits per heavy atom. The van der Waals surface area contributed by atoms with Crippen molar-refractivity contribution >= 4 is 35.1 Å². The number of benzene rings is 2. The first-order chi connectivity index (χ1) is 17.0. The van der Waals surface area contributed by atoms with E-state index < -0.39 is 11.9 Å². The van der Waals surface area contributed by atoms with Crippen molar-refractivity contribution in [2.24, 2.45) is 0 Å². The lowest BCUT2D eigenvalue weighted by atomic mass is 9.83. The molecular weight excluding hydrogens is 489 g/mol. The SMILES string of the molecule is CC1=C(C(=O)OCc2ccc(OCCCl)cc2)[C@H](c2ccc(Cl)cc2)CC(=O)N1C[C@H]1CCCO1. The number of alkyl halides is 1. The van der Waals surface area contributed by atoms with Gasteiger partial charge in [-0.25, -0.2) is 4.79 Å². The van der Waals surface area contributed by atoms with Gasteiger partial charge in [0.15, 0.2) is 0 Å². The lowest BCUT2D eigenvalue weighted by Gasteiger charge is -2.35. The minimum atomic E-state index is -0.435. The minimum Gasteiger partial charge on any atom is -0.492 e. The second-order valence-corrected chi connectivity index (χ2v) is 9.52. The van der Waals surface area contributed by atoms with E-state index in [4.69, 9.17) is 37.4 Å². The van der Waals surface area contributed by atoms with Gasteiger partial charge in [-0.3, -0.25) is 4.79 Å². The Morgan fingerprint density at radius 2 is 1.89 bits per heavy atom. The summed E-state index contributed by atoms with van der Waals surface area (Å²) in [5.74, 6) is 0.253. The van der Waals surface area contributed by atoms with Crippen LogP contribution < -0.4 is 4.74 Å². The predicted octanol–water partition coefficient (Wildman–Crippen LogP) is 5.47. The summed E-state index contributed by atoms with van der Waals surface area (Å²) in [6.45, 7) is 3.50. The van der Waals surface area contributed by atoms with Crippen LogP contribution in [-0.2, 0) is 25.7 Å². The second-order valence-electron chi connectivity index (χ2n) is 8.70. The van der Waals surface area contributed by atoms with E-state index >= 15 is 0 Å². The van der Waals surface area contributed by atoms with Gasteiger partial charge in [-0.2, -0.15) is 0 Å². The number of esters is 1. The Labute approximate surface area is 215 Å². The number of ether oxygens (including phenoxy) is 3. The third-order valence-electron chi connectivity index (χ3n) is 6.36. The number of allylic oxidation sites excluding steroid dienone is 1. The Balaban J connectivity index is 1.55. The van der Waals surface area contributed by atoms with Gasteiger partial charge in [0.05, 0.1) is 24.1 Å². The van der Waals surface area contributed by atoms with E-state index in [9.17, 15) is 9.59 Å². The molecule has 2 aliphatic rings. The first kappa shape index (κ1) is 25.5. The Morgan fingerprint density at radius 1 is 1.14 bits per heavy atom. The number of amides is 1. The van der Waals surface area contributed by atoms with Gasteiger partial charge in [0, 0.05) is 29.7 Å². The third kappa shape index (κ3) is 6.37. The predicted molar refractivity (Wildman–Crippen MR) is 135 cm³/mol. The molecule has 1 saturated heterocycles. The van der Waals surface area contributed by atoms with Gasteiger partial charge < -0.3 is 19.1 Å². The van der Waals surface area contributed by atoms with Crippen LogP contribution >= 0.6 is 23.2 Å². The summed E-state index contributed by atoms with van der Waals surface area (Å²) < 4.78 is 17.0. The number of hydrogen-bond donors (Lipinski definition) is 0. The average molecular weight is 518 g/mol. The molecule has 2 heterocycles. The molecule has 0 aromatic heterocycles. The fourth-order valence-electron chi connectivity index (χ4n) is 4.54. The maximum atomic E-state index is 13.4.